The second-order valence-electron chi connectivity index (χ2n) is 7.06. The molecule has 1 atom stereocenters. The highest BCUT2D eigenvalue weighted by Crippen LogP contribution is 2.43. The Morgan fingerprint density at radius 3 is 2.67 bits per heavy atom. The summed E-state index contributed by atoms with van der Waals surface area (Å²) in [6.07, 6.45) is 4.79. The lowest BCUT2D eigenvalue weighted by molar-refractivity contribution is 0.190. The summed E-state index contributed by atoms with van der Waals surface area (Å²) in [5.41, 5.74) is -0.00699. The lowest BCUT2D eigenvalue weighted by Crippen LogP contribution is -2.75. The molecule has 5 nitrogen and oxygen atoms in total. The van der Waals surface area contributed by atoms with Crippen LogP contribution < -0.4 is 4.81 Å². The molecule has 1 aromatic rings. The maximum atomic E-state index is 4.58. The van der Waals surface area contributed by atoms with Crippen LogP contribution in [0.4, 0.5) is 5.82 Å². The Morgan fingerprint density at radius 2 is 2.00 bits per heavy atom. The lowest BCUT2D eigenvalue weighted by Gasteiger charge is -2.53. The van der Waals surface area contributed by atoms with Gasteiger partial charge in [-0.05, 0) is 39.9 Å². The highest BCUT2D eigenvalue weighted by Gasteiger charge is 2.56. The molecule has 3 rings (SSSR count). The van der Waals surface area contributed by atoms with Crippen LogP contribution in [0.3, 0.4) is 0 Å². The first kappa shape index (κ1) is 15.0. The zero-order chi connectivity index (χ0) is 15.4. The molecule has 2 aliphatic heterocycles. The van der Waals surface area contributed by atoms with Gasteiger partial charge in [-0.2, -0.15) is 5.10 Å². The minimum absolute atomic E-state index is 0.00699. The molecule has 0 N–H and O–H groups in total. The summed E-state index contributed by atoms with van der Waals surface area (Å²) >= 11 is 0. The highest BCUT2D eigenvalue weighted by molar-refractivity contribution is 6.73. The molecule has 0 amide bonds. The second kappa shape index (κ2) is 5.06. The van der Waals surface area contributed by atoms with E-state index in [-0.39, 0.29) is 5.54 Å². The maximum Gasteiger partial charge on any atom is 0.331 e. The van der Waals surface area contributed by atoms with Crippen molar-refractivity contribution in [1.29, 1.82) is 0 Å². The van der Waals surface area contributed by atoms with Crippen LogP contribution in [-0.4, -0.2) is 53.0 Å². The fraction of sp³-hybridized carbons (Fsp3) is 0.786. The van der Waals surface area contributed by atoms with Crippen LogP contribution >= 0.6 is 0 Å². The van der Waals surface area contributed by atoms with E-state index >= 15 is 0 Å². The van der Waals surface area contributed by atoms with E-state index in [1.165, 1.54) is 18.7 Å². The van der Waals surface area contributed by atoms with Crippen LogP contribution in [0.25, 0.3) is 0 Å². The van der Waals surface area contributed by atoms with Crippen molar-refractivity contribution in [2.45, 2.75) is 59.0 Å². The first-order valence-electron chi connectivity index (χ1n) is 8.21. The zero-order valence-electron chi connectivity index (χ0n) is 14.2. The smallest absolute Gasteiger partial charge is 0.331 e. The third-order valence-corrected chi connectivity index (χ3v) is 5.44. The van der Waals surface area contributed by atoms with Gasteiger partial charge in [0.05, 0.1) is 17.9 Å². The molecule has 1 saturated heterocycles. The Balaban J connectivity index is 1.99. The Hall–Kier alpha value is -0.940. The minimum Gasteiger partial charge on any atom is -0.370 e. The second-order valence-corrected chi connectivity index (χ2v) is 7.06. The van der Waals surface area contributed by atoms with Crippen molar-refractivity contribution in [2.75, 3.05) is 18.4 Å². The SMILES string of the molecule is CCCCN1B(C)N(C)C2N(B1C)c1ccnn1C2(C)C. The summed E-state index contributed by atoms with van der Waals surface area (Å²) in [6.45, 7) is 13.5. The molecular weight excluding hydrogens is 260 g/mol. The zero-order valence-corrected chi connectivity index (χ0v) is 14.2. The topological polar surface area (TPSA) is 27.5 Å². The van der Waals surface area contributed by atoms with Crippen LogP contribution in [0.2, 0.25) is 13.6 Å². The molecule has 1 unspecified atom stereocenters. The monoisotopic (exact) mass is 287 g/mol. The Morgan fingerprint density at radius 1 is 1.29 bits per heavy atom. The Bertz CT molecular complexity index is 517. The molecule has 1 aromatic heterocycles. The normalized spacial score (nSPS) is 25.4. The first-order chi connectivity index (χ1) is 9.91. The molecule has 1 fully saturated rings. The Labute approximate surface area is 129 Å². The van der Waals surface area contributed by atoms with E-state index in [0.29, 0.717) is 20.1 Å². The van der Waals surface area contributed by atoms with Gasteiger partial charge in [0.1, 0.15) is 5.82 Å². The molecular formula is C14H27B2N5. The number of aromatic nitrogens is 2. The molecule has 0 spiro atoms. The number of fused-ring (bicyclic) bond motifs is 3. The predicted octanol–water partition coefficient (Wildman–Crippen LogP) is 2.05. The minimum atomic E-state index is -0.00699. The molecule has 114 valence electrons. The third kappa shape index (κ3) is 1.97. The average Bonchev–Trinajstić information content (AvgIpc) is 2.98. The summed E-state index contributed by atoms with van der Waals surface area (Å²) < 4.78 is 4.81. The molecule has 2 aliphatic rings. The number of hydrogen-bond acceptors (Lipinski definition) is 4. The molecule has 21 heavy (non-hydrogen) atoms. The molecule has 3 heterocycles. The van der Waals surface area contributed by atoms with Gasteiger partial charge in [0.15, 0.2) is 0 Å². The number of nitrogens with zero attached hydrogens (tertiary/aromatic N) is 5. The number of rotatable bonds is 3. The van der Waals surface area contributed by atoms with Crippen molar-refractivity contribution < 1.29 is 0 Å². The van der Waals surface area contributed by atoms with Crippen LogP contribution in [0.5, 0.6) is 0 Å². The molecule has 0 aromatic carbocycles. The first-order valence-corrected chi connectivity index (χ1v) is 8.21. The van der Waals surface area contributed by atoms with Gasteiger partial charge in [-0.25, -0.2) is 4.68 Å². The largest absolute Gasteiger partial charge is 0.370 e. The van der Waals surface area contributed by atoms with Crippen molar-refractivity contribution in [2.24, 2.45) is 0 Å². The van der Waals surface area contributed by atoms with E-state index in [0.717, 1.165) is 6.54 Å². The number of hydrogen-bond donors (Lipinski definition) is 0. The van der Waals surface area contributed by atoms with Crippen molar-refractivity contribution in [3.8, 4) is 0 Å². The quantitative estimate of drug-likeness (QED) is 0.795. The third-order valence-electron chi connectivity index (χ3n) is 5.44. The van der Waals surface area contributed by atoms with Crippen molar-refractivity contribution in [3.63, 3.8) is 0 Å². The van der Waals surface area contributed by atoms with E-state index in [1.54, 1.807) is 0 Å². The highest BCUT2D eigenvalue weighted by atomic mass is 15.6. The van der Waals surface area contributed by atoms with E-state index in [2.05, 4.69) is 71.7 Å². The van der Waals surface area contributed by atoms with Crippen LogP contribution in [0.15, 0.2) is 12.3 Å². The molecule has 0 saturated carbocycles. The average molecular weight is 287 g/mol. The maximum absolute atomic E-state index is 4.58. The molecule has 0 radical (unpaired) electrons. The summed E-state index contributed by atoms with van der Waals surface area (Å²) in [5, 5.41) is 4.58. The summed E-state index contributed by atoms with van der Waals surface area (Å²) in [7, 11) is 2.25. The van der Waals surface area contributed by atoms with Crippen molar-refractivity contribution >= 4 is 19.8 Å². The van der Waals surface area contributed by atoms with Gasteiger partial charge in [-0.3, -0.25) is 0 Å². The van der Waals surface area contributed by atoms with Gasteiger partial charge >= 0.3 is 6.98 Å². The molecule has 0 bridgehead atoms. The van der Waals surface area contributed by atoms with Crippen LogP contribution in [-0.2, 0) is 5.54 Å². The number of anilines is 1. The van der Waals surface area contributed by atoms with Gasteiger partial charge in [-0.15, -0.1) is 0 Å². The van der Waals surface area contributed by atoms with Gasteiger partial charge in [-0.1, -0.05) is 27.0 Å². The number of unbranched alkanes of at least 4 members (excludes halogenated alkanes) is 1. The van der Waals surface area contributed by atoms with Crippen molar-refractivity contribution in [1.82, 2.24) is 19.3 Å². The Kier molecular flexibility index (Phi) is 3.61. The van der Waals surface area contributed by atoms with Gasteiger partial charge in [0.2, 0.25) is 0 Å². The van der Waals surface area contributed by atoms with Crippen LogP contribution in [0, 0.1) is 0 Å². The molecule has 0 aliphatic carbocycles. The van der Waals surface area contributed by atoms with E-state index in [4.69, 9.17) is 0 Å². The van der Waals surface area contributed by atoms with E-state index in [1.807, 2.05) is 6.20 Å². The standard InChI is InChI=1S/C14H27B2N5/c1-7-8-11-19-15(4)18(6)13-14(2,3)21-12(9-10-17-21)20(13)16(19)5/h9-10,13H,7-8,11H2,1-6H3. The van der Waals surface area contributed by atoms with E-state index in [9.17, 15) is 0 Å². The predicted molar refractivity (Wildman–Crippen MR) is 90.4 cm³/mol. The fourth-order valence-corrected chi connectivity index (χ4v) is 4.23. The summed E-state index contributed by atoms with van der Waals surface area (Å²) in [6, 6.07) is 2.15. The fourth-order valence-electron chi connectivity index (χ4n) is 4.23. The lowest BCUT2D eigenvalue weighted by atomic mass is 9.56. The van der Waals surface area contributed by atoms with Gasteiger partial charge in [0.25, 0.3) is 6.98 Å². The summed E-state index contributed by atoms with van der Waals surface area (Å²) in [4.78, 5) is 5.05. The van der Waals surface area contributed by atoms with Crippen molar-refractivity contribution in [3.05, 3.63) is 12.3 Å². The summed E-state index contributed by atoms with van der Waals surface area (Å²) in [5.74, 6) is 1.25. The van der Waals surface area contributed by atoms with E-state index < -0.39 is 0 Å². The van der Waals surface area contributed by atoms with Gasteiger partial charge in [0, 0.05) is 0 Å². The molecule has 7 heteroatoms. The number of likely N-dealkylation sites (N-methyl/N-ethyl adjacent to an activating group) is 1. The van der Waals surface area contributed by atoms with Crippen LogP contribution in [0.1, 0.15) is 33.6 Å². The van der Waals surface area contributed by atoms with Gasteiger partial charge < -0.3 is 14.3 Å².